The Hall–Kier alpha value is -1.86. The van der Waals surface area contributed by atoms with E-state index in [1.165, 1.54) is 12.1 Å². The van der Waals surface area contributed by atoms with Gasteiger partial charge in [-0.15, -0.1) is 0 Å². The van der Waals surface area contributed by atoms with Crippen molar-refractivity contribution in [1.82, 2.24) is 14.7 Å². The molecule has 1 atom stereocenters. The summed E-state index contributed by atoms with van der Waals surface area (Å²) in [5.41, 5.74) is 1.09. The Kier molecular flexibility index (Phi) is 5.63. The topological polar surface area (TPSA) is 38.1 Å². The Morgan fingerprint density at radius 1 is 1.37 bits per heavy atom. The second-order valence-corrected chi connectivity index (χ2v) is 7.35. The number of benzene rings is 1. The zero-order valence-corrected chi connectivity index (χ0v) is 15.9. The lowest BCUT2D eigenvalue weighted by Crippen LogP contribution is -2.38. The van der Waals surface area contributed by atoms with E-state index in [0.717, 1.165) is 36.4 Å². The van der Waals surface area contributed by atoms with Gasteiger partial charge in [0.25, 0.3) is 0 Å². The number of aryl methyl sites for hydroxylation is 2. The van der Waals surface area contributed by atoms with E-state index in [1.807, 2.05) is 6.92 Å². The third-order valence-electron chi connectivity index (χ3n) is 5.00. The van der Waals surface area contributed by atoms with Gasteiger partial charge in [-0.05, 0) is 38.4 Å². The lowest BCUT2D eigenvalue weighted by molar-refractivity contribution is -0.137. The first-order valence-electron chi connectivity index (χ1n) is 8.78. The van der Waals surface area contributed by atoms with Crippen LogP contribution < -0.4 is 0 Å². The van der Waals surface area contributed by atoms with Gasteiger partial charge in [0.1, 0.15) is 5.15 Å². The van der Waals surface area contributed by atoms with Crippen LogP contribution in [0.2, 0.25) is 5.15 Å². The van der Waals surface area contributed by atoms with E-state index >= 15 is 0 Å². The summed E-state index contributed by atoms with van der Waals surface area (Å²) < 4.78 is 40.4. The fourth-order valence-electron chi connectivity index (χ4n) is 3.57. The lowest BCUT2D eigenvalue weighted by Gasteiger charge is -2.32. The van der Waals surface area contributed by atoms with Crippen LogP contribution in [0, 0.1) is 12.8 Å². The quantitative estimate of drug-likeness (QED) is 0.711. The molecule has 1 aliphatic heterocycles. The first kappa shape index (κ1) is 19.9. The molecule has 1 aromatic heterocycles. The second-order valence-electron chi connectivity index (χ2n) is 7.00. The summed E-state index contributed by atoms with van der Waals surface area (Å²) in [6.45, 7) is 3.78. The summed E-state index contributed by atoms with van der Waals surface area (Å²) in [6, 6.07) is 4.68. The molecule has 1 saturated heterocycles. The van der Waals surface area contributed by atoms with E-state index in [2.05, 4.69) is 10.00 Å². The first-order chi connectivity index (χ1) is 12.7. The molecule has 146 valence electrons. The van der Waals surface area contributed by atoms with Crippen LogP contribution in [-0.4, -0.2) is 33.6 Å². The number of carbonyl (C=O) groups is 1. The van der Waals surface area contributed by atoms with Gasteiger partial charge in [0.15, 0.2) is 5.78 Å². The molecular weight excluding hydrogens is 379 g/mol. The number of nitrogens with zero attached hydrogens (tertiary/aromatic N) is 3. The van der Waals surface area contributed by atoms with Crippen LogP contribution in [-0.2, 0) is 19.8 Å². The van der Waals surface area contributed by atoms with Gasteiger partial charge < -0.3 is 0 Å². The maximum Gasteiger partial charge on any atom is 0.416 e. The number of piperidine rings is 1. The van der Waals surface area contributed by atoms with Crippen molar-refractivity contribution in [3.63, 3.8) is 0 Å². The summed E-state index contributed by atoms with van der Waals surface area (Å²) in [5.74, 6) is -0.558. The Balaban J connectivity index is 1.73. The molecule has 1 aliphatic rings. The zero-order valence-electron chi connectivity index (χ0n) is 15.2. The maximum absolute atomic E-state index is 12.9. The van der Waals surface area contributed by atoms with Crippen molar-refractivity contribution < 1.29 is 18.0 Å². The van der Waals surface area contributed by atoms with Gasteiger partial charge in [-0.1, -0.05) is 23.7 Å². The second kappa shape index (κ2) is 7.64. The van der Waals surface area contributed by atoms with Crippen molar-refractivity contribution in [2.45, 2.75) is 32.5 Å². The molecule has 0 aliphatic carbocycles. The molecule has 0 saturated carbocycles. The number of carbonyl (C=O) groups excluding carboxylic acids is 1. The summed E-state index contributed by atoms with van der Waals surface area (Å²) >= 11 is 6.29. The Morgan fingerprint density at radius 3 is 2.74 bits per heavy atom. The summed E-state index contributed by atoms with van der Waals surface area (Å²) in [4.78, 5) is 14.9. The van der Waals surface area contributed by atoms with Crippen LogP contribution in [0.4, 0.5) is 13.2 Å². The van der Waals surface area contributed by atoms with E-state index < -0.39 is 11.7 Å². The van der Waals surface area contributed by atoms with Crippen LogP contribution in [0.25, 0.3) is 0 Å². The van der Waals surface area contributed by atoms with Crippen molar-refractivity contribution in [2.24, 2.45) is 13.0 Å². The highest BCUT2D eigenvalue weighted by atomic mass is 35.5. The van der Waals surface area contributed by atoms with Crippen molar-refractivity contribution in [3.05, 3.63) is 51.8 Å². The standard InChI is InChI=1S/C19H21ClF3N3O/c1-12-16(18(20)25(2)24-12)11-26-8-4-6-14(10-26)17(27)13-5-3-7-15(9-13)19(21,22)23/h3,5,7,9,14H,4,6,8,10-11H2,1-2H3. The molecule has 3 rings (SSSR count). The zero-order chi connectivity index (χ0) is 19.8. The largest absolute Gasteiger partial charge is 0.416 e. The smallest absolute Gasteiger partial charge is 0.298 e. The van der Waals surface area contributed by atoms with E-state index in [4.69, 9.17) is 11.6 Å². The average Bonchev–Trinajstić information content (AvgIpc) is 2.87. The molecule has 0 radical (unpaired) electrons. The highest BCUT2D eigenvalue weighted by molar-refractivity contribution is 6.30. The predicted molar refractivity (Wildman–Crippen MR) is 96.7 cm³/mol. The molecule has 1 unspecified atom stereocenters. The average molecular weight is 400 g/mol. The van der Waals surface area contributed by atoms with Crippen LogP contribution in [0.1, 0.15) is 40.0 Å². The number of hydrogen-bond acceptors (Lipinski definition) is 3. The predicted octanol–water partition coefficient (Wildman–Crippen LogP) is 4.50. The summed E-state index contributed by atoms with van der Waals surface area (Å²) in [7, 11) is 1.77. The van der Waals surface area contributed by atoms with Crippen molar-refractivity contribution >= 4 is 17.4 Å². The molecule has 0 bridgehead atoms. The molecule has 0 amide bonds. The number of hydrogen-bond donors (Lipinski definition) is 0. The molecule has 1 aromatic carbocycles. The Morgan fingerprint density at radius 2 is 2.11 bits per heavy atom. The van der Waals surface area contributed by atoms with Gasteiger partial charge in [0.2, 0.25) is 0 Å². The minimum absolute atomic E-state index is 0.118. The van der Waals surface area contributed by atoms with Crippen LogP contribution in [0.15, 0.2) is 24.3 Å². The summed E-state index contributed by atoms with van der Waals surface area (Å²) in [6.07, 6.45) is -2.97. The van der Waals surface area contributed by atoms with E-state index in [0.29, 0.717) is 24.7 Å². The fraction of sp³-hybridized carbons (Fsp3) is 0.474. The molecule has 2 aromatic rings. The van der Waals surface area contributed by atoms with E-state index in [1.54, 1.807) is 11.7 Å². The third kappa shape index (κ3) is 4.35. The minimum atomic E-state index is -4.45. The van der Waals surface area contributed by atoms with Gasteiger partial charge in [-0.3, -0.25) is 14.4 Å². The molecule has 0 spiro atoms. The number of Topliss-reactive ketones (excluding diaryl/α,β-unsaturated/α-hetero) is 1. The third-order valence-corrected chi connectivity index (χ3v) is 5.48. The lowest BCUT2D eigenvalue weighted by atomic mass is 9.89. The molecule has 27 heavy (non-hydrogen) atoms. The Bertz CT molecular complexity index is 847. The van der Waals surface area contributed by atoms with E-state index in [9.17, 15) is 18.0 Å². The van der Waals surface area contributed by atoms with Gasteiger partial charge in [0, 0.05) is 37.2 Å². The van der Waals surface area contributed by atoms with Crippen molar-refractivity contribution in [3.8, 4) is 0 Å². The molecule has 8 heteroatoms. The monoisotopic (exact) mass is 399 g/mol. The van der Waals surface area contributed by atoms with Crippen molar-refractivity contribution in [1.29, 1.82) is 0 Å². The van der Waals surface area contributed by atoms with Crippen LogP contribution in [0.5, 0.6) is 0 Å². The van der Waals surface area contributed by atoms with Gasteiger partial charge in [0.05, 0.1) is 11.3 Å². The normalized spacial score (nSPS) is 18.7. The minimum Gasteiger partial charge on any atom is -0.298 e. The first-order valence-corrected chi connectivity index (χ1v) is 9.16. The highest BCUT2D eigenvalue weighted by Crippen LogP contribution is 2.31. The number of aromatic nitrogens is 2. The van der Waals surface area contributed by atoms with Gasteiger partial charge in [-0.25, -0.2) is 0 Å². The molecule has 1 fully saturated rings. The number of rotatable bonds is 4. The molecule has 2 heterocycles. The van der Waals surface area contributed by atoms with E-state index in [-0.39, 0.29) is 17.3 Å². The van der Waals surface area contributed by atoms with Gasteiger partial charge >= 0.3 is 6.18 Å². The maximum atomic E-state index is 12.9. The SMILES string of the molecule is Cc1nn(C)c(Cl)c1CN1CCCC(C(=O)c2cccc(C(F)(F)F)c2)C1. The Labute approximate surface area is 160 Å². The fourth-order valence-corrected chi connectivity index (χ4v) is 3.81. The number of halogens is 4. The van der Waals surface area contributed by atoms with Crippen molar-refractivity contribution in [2.75, 3.05) is 13.1 Å². The molecule has 4 nitrogen and oxygen atoms in total. The highest BCUT2D eigenvalue weighted by Gasteiger charge is 2.32. The van der Waals surface area contributed by atoms with Crippen LogP contribution in [0.3, 0.4) is 0 Å². The molecule has 0 N–H and O–H groups in total. The van der Waals surface area contributed by atoms with Crippen LogP contribution >= 0.6 is 11.6 Å². The van der Waals surface area contributed by atoms with Gasteiger partial charge in [-0.2, -0.15) is 18.3 Å². The number of alkyl halides is 3. The number of likely N-dealkylation sites (tertiary alicyclic amines) is 1. The number of ketones is 1. The summed E-state index contributed by atoms with van der Waals surface area (Å²) in [5, 5.41) is 4.86. The molecular formula is C19H21ClF3N3O.